The molecule has 0 unspecified atom stereocenters. The second kappa shape index (κ2) is 9.22. The monoisotopic (exact) mass is 519 g/mol. The number of nitrogens with zero attached hydrogens (tertiary/aromatic N) is 3. The highest BCUT2D eigenvalue weighted by Crippen LogP contribution is 2.40. The van der Waals surface area contributed by atoms with Crippen molar-refractivity contribution >= 4 is 41.1 Å². The van der Waals surface area contributed by atoms with Crippen LogP contribution in [0.2, 0.25) is 18.1 Å². The first kappa shape index (κ1) is 24.0. The van der Waals surface area contributed by atoms with E-state index in [2.05, 4.69) is 66.9 Å². The van der Waals surface area contributed by atoms with Crippen LogP contribution in [0.3, 0.4) is 0 Å². The molecule has 0 aromatic carbocycles. The molecule has 2 aliphatic carbocycles. The van der Waals surface area contributed by atoms with E-state index in [0.717, 1.165) is 72.8 Å². The Morgan fingerprint density at radius 2 is 1.91 bits per heavy atom. The summed E-state index contributed by atoms with van der Waals surface area (Å²) in [6.45, 7) is 12.4. The quantitative estimate of drug-likeness (QED) is 0.401. The van der Waals surface area contributed by atoms with E-state index >= 15 is 0 Å². The van der Waals surface area contributed by atoms with Gasteiger partial charge in [-0.05, 0) is 97.4 Å². The molecule has 2 aromatic rings. The molecule has 0 atom stereocenters. The van der Waals surface area contributed by atoms with Crippen LogP contribution >= 0.6 is 15.9 Å². The van der Waals surface area contributed by atoms with Gasteiger partial charge in [-0.25, -0.2) is 14.3 Å². The van der Waals surface area contributed by atoms with Gasteiger partial charge in [0.15, 0.2) is 14.0 Å². The van der Waals surface area contributed by atoms with E-state index in [9.17, 15) is 4.79 Å². The van der Waals surface area contributed by atoms with Crippen molar-refractivity contribution in [3.63, 3.8) is 0 Å². The van der Waals surface area contributed by atoms with Crippen LogP contribution in [0, 0.1) is 5.92 Å². The van der Waals surface area contributed by atoms with Gasteiger partial charge in [-0.2, -0.15) is 0 Å². The SMILES string of the molecule is CC(C)(C)[Si](C)(C)O[C@H]1CC[C@@H](Cn2c(=O)n(C3=CCCCC3)c3ncc(Br)cc32)CC1. The highest BCUT2D eigenvalue weighted by molar-refractivity contribution is 9.10. The van der Waals surface area contributed by atoms with Gasteiger partial charge >= 0.3 is 5.69 Å². The summed E-state index contributed by atoms with van der Waals surface area (Å²) < 4.78 is 11.4. The van der Waals surface area contributed by atoms with Crippen molar-refractivity contribution in [2.75, 3.05) is 0 Å². The fourth-order valence-corrected chi connectivity index (χ4v) is 6.59. The minimum atomic E-state index is -1.73. The number of hydrogen-bond donors (Lipinski definition) is 0. The maximum atomic E-state index is 13.5. The predicted octanol–water partition coefficient (Wildman–Crippen LogP) is 6.96. The normalized spacial score (nSPS) is 22.9. The van der Waals surface area contributed by atoms with Crippen LogP contribution in [0.1, 0.15) is 72.1 Å². The first-order valence-electron chi connectivity index (χ1n) is 12.2. The van der Waals surface area contributed by atoms with Crippen LogP contribution in [-0.2, 0) is 11.0 Å². The number of fused-ring (bicyclic) bond motifs is 1. The summed E-state index contributed by atoms with van der Waals surface area (Å²) >= 11 is 3.56. The summed E-state index contributed by atoms with van der Waals surface area (Å²) in [5, 5.41) is 0.243. The zero-order valence-electron chi connectivity index (χ0n) is 20.3. The lowest BCUT2D eigenvalue weighted by atomic mass is 9.87. The zero-order valence-corrected chi connectivity index (χ0v) is 22.9. The standard InChI is InChI=1S/C25H38BrN3O2Si/c1-25(2,3)32(4,5)31-21-13-11-18(12-14-21)17-28-22-15-19(26)16-27-23(22)29(24(28)30)20-9-7-6-8-10-20/h9,15-16,18,21H,6-8,10-14,17H2,1-5H3/t18-,21+. The molecule has 2 aromatic heterocycles. The molecule has 4 rings (SSSR count). The lowest BCUT2D eigenvalue weighted by Crippen LogP contribution is -2.44. The third-order valence-corrected chi connectivity index (χ3v) is 12.8. The van der Waals surface area contributed by atoms with Gasteiger partial charge in [0.25, 0.3) is 0 Å². The summed E-state index contributed by atoms with van der Waals surface area (Å²) in [5.41, 5.74) is 2.92. The average Bonchev–Trinajstić information content (AvgIpc) is 3.00. The van der Waals surface area contributed by atoms with Crippen molar-refractivity contribution in [2.45, 2.75) is 103 Å². The third kappa shape index (κ3) is 4.85. The van der Waals surface area contributed by atoms with Crippen LogP contribution in [0.4, 0.5) is 0 Å². The van der Waals surface area contributed by atoms with Crippen molar-refractivity contribution in [3.8, 4) is 0 Å². The number of pyridine rings is 1. The summed E-state index contributed by atoms with van der Waals surface area (Å²) in [7, 11) is -1.73. The van der Waals surface area contributed by atoms with E-state index in [0.29, 0.717) is 12.0 Å². The molecule has 1 saturated carbocycles. The van der Waals surface area contributed by atoms with E-state index in [1.165, 1.54) is 6.42 Å². The third-order valence-electron chi connectivity index (χ3n) is 7.79. The van der Waals surface area contributed by atoms with E-state index < -0.39 is 8.32 Å². The Balaban J connectivity index is 1.53. The zero-order chi connectivity index (χ0) is 23.1. The highest BCUT2D eigenvalue weighted by atomic mass is 79.9. The summed E-state index contributed by atoms with van der Waals surface area (Å²) in [4.78, 5) is 18.2. The number of halogens is 1. The Labute approximate surface area is 201 Å². The number of hydrogen-bond acceptors (Lipinski definition) is 3. The van der Waals surface area contributed by atoms with Gasteiger partial charge in [0.1, 0.15) is 0 Å². The summed E-state index contributed by atoms with van der Waals surface area (Å²) in [6, 6.07) is 2.05. The first-order valence-corrected chi connectivity index (χ1v) is 15.9. The molecule has 176 valence electrons. The van der Waals surface area contributed by atoms with Crippen molar-refractivity contribution in [3.05, 3.63) is 33.3 Å². The van der Waals surface area contributed by atoms with E-state index in [-0.39, 0.29) is 10.7 Å². The molecule has 2 heterocycles. The fourth-order valence-electron chi connectivity index (χ4n) is 4.85. The Kier molecular flexibility index (Phi) is 6.90. The maximum Gasteiger partial charge on any atom is 0.334 e. The van der Waals surface area contributed by atoms with Gasteiger partial charge in [-0.1, -0.05) is 26.8 Å². The van der Waals surface area contributed by atoms with Gasteiger partial charge in [-0.15, -0.1) is 0 Å². The largest absolute Gasteiger partial charge is 0.414 e. The van der Waals surface area contributed by atoms with E-state index in [1.807, 2.05) is 9.13 Å². The smallest absolute Gasteiger partial charge is 0.334 e. The molecule has 0 aliphatic heterocycles. The van der Waals surface area contributed by atoms with Crippen LogP contribution in [0.25, 0.3) is 16.9 Å². The Hall–Kier alpha value is -1.18. The molecule has 32 heavy (non-hydrogen) atoms. The maximum absolute atomic E-state index is 13.5. The van der Waals surface area contributed by atoms with Crippen LogP contribution < -0.4 is 5.69 Å². The van der Waals surface area contributed by atoms with Gasteiger partial charge in [0.05, 0.1) is 5.52 Å². The molecule has 0 saturated heterocycles. The average molecular weight is 521 g/mol. The molecule has 0 spiro atoms. The lowest BCUT2D eigenvalue weighted by molar-refractivity contribution is 0.112. The number of imidazole rings is 1. The van der Waals surface area contributed by atoms with Crippen LogP contribution in [0.15, 0.2) is 27.6 Å². The molecular weight excluding hydrogens is 482 g/mol. The topological polar surface area (TPSA) is 49.0 Å². The van der Waals surface area contributed by atoms with Crippen molar-refractivity contribution in [2.24, 2.45) is 5.92 Å². The number of aromatic nitrogens is 3. The first-order chi connectivity index (χ1) is 15.1. The Morgan fingerprint density at radius 1 is 1.19 bits per heavy atom. The molecule has 0 amide bonds. The van der Waals surface area contributed by atoms with Crippen molar-refractivity contribution in [1.82, 2.24) is 14.1 Å². The molecule has 7 heteroatoms. The second-order valence-electron chi connectivity index (χ2n) is 11.2. The van der Waals surface area contributed by atoms with E-state index in [4.69, 9.17) is 4.43 Å². The van der Waals surface area contributed by atoms with Crippen molar-refractivity contribution < 1.29 is 4.43 Å². The summed E-state index contributed by atoms with van der Waals surface area (Å²) in [6.07, 6.45) is 13.1. The van der Waals surface area contributed by atoms with Gasteiger partial charge in [0, 0.05) is 29.0 Å². The molecule has 5 nitrogen and oxygen atoms in total. The fraction of sp³-hybridized carbons (Fsp3) is 0.680. The molecular formula is C25H38BrN3O2Si. The van der Waals surface area contributed by atoms with E-state index in [1.54, 1.807) is 6.20 Å². The highest BCUT2D eigenvalue weighted by Gasteiger charge is 2.40. The van der Waals surface area contributed by atoms with Crippen LogP contribution in [0.5, 0.6) is 0 Å². The minimum Gasteiger partial charge on any atom is -0.414 e. The second-order valence-corrected chi connectivity index (χ2v) is 16.9. The minimum absolute atomic E-state index is 0.0680. The molecule has 0 bridgehead atoms. The lowest BCUT2D eigenvalue weighted by Gasteiger charge is -2.41. The predicted molar refractivity (Wildman–Crippen MR) is 138 cm³/mol. The van der Waals surface area contributed by atoms with Gasteiger partial charge in [-0.3, -0.25) is 4.57 Å². The summed E-state index contributed by atoms with van der Waals surface area (Å²) in [5.74, 6) is 0.505. The molecule has 1 fully saturated rings. The molecule has 0 N–H and O–H groups in total. The molecule has 2 aliphatic rings. The van der Waals surface area contributed by atoms with Crippen LogP contribution in [-0.4, -0.2) is 28.5 Å². The Bertz CT molecular complexity index is 1060. The van der Waals surface area contributed by atoms with Gasteiger partial charge in [0.2, 0.25) is 0 Å². The van der Waals surface area contributed by atoms with Gasteiger partial charge < -0.3 is 4.43 Å². The molecule has 0 radical (unpaired) electrons. The Morgan fingerprint density at radius 3 is 2.53 bits per heavy atom. The van der Waals surface area contributed by atoms with Crippen molar-refractivity contribution in [1.29, 1.82) is 0 Å². The number of rotatable bonds is 5. The number of allylic oxidation sites excluding steroid dienone is 2.